The second-order valence-electron chi connectivity index (χ2n) is 2.34. The van der Waals surface area contributed by atoms with E-state index in [2.05, 4.69) is 0 Å². The van der Waals surface area contributed by atoms with E-state index >= 15 is 0 Å². The van der Waals surface area contributed by atoms with Crippen LogP contribution in [0.2, 0.25) is 0 Å². The van der Waals surface area contributed by atoms with Gasteiger partial charge < -0.3 is 9.84 Å². The average molecular weight is 170 g/mol. The molecule has 0 radical (unpaired) electrons. The molecule has 0 aliphatic heterocycles. The number of hydrogen-bond acceptors (Lipinski definition) is 2. The van der Waals surface area contributed by atoms with Crippen molar-refractivity contribution in [3.8, 4) is 5.75 Å². The predicted molar refractivity (Wildman–Crippen MR) is 43.5 cm³/mol. The summed E-state index contributed by atoms with van der Waals surface area (Å²) in [7, 11) is 0. The van der Waals surface area contributed by atoms with Crippen molar-refractivity contribution in [1.29, 1.82) is 0 Å². The van der Waals surface area contributed by atoms with Crippen LogP contribution in [0.5, 0.6) is 5.75 Å². The molecule has 1 rings (SSSR count). The predicted octanol–water partition coefficient (Wildman–Crippen LogP) is 1.72. The van der Waals surface area contributed by atoms with E-state index in [1.807, 2.05) is 6.92 Å². The lowest BCUT2D eigenvalue weighted by molar-refractivity contribution is 0.266. The first kappa shape index (κ1) is 9.00. The van der Waals surface area contributed by atoms with Crippen LogP contribution in [0.1, 0.15) is 12.5 Å². The molecule has 2 nitrogen and oxygen atoms in total. The highest BCUT2D eigenvalue weighted by atomic mass is 19.1. The fourth-order valence-electron chi connectivity index (χ4n) is 0.968. The molecule has 12 heavy (non-hydrogen) atoms. The minimum Gasteiger partial charge on any atom is -0.494 e. The first-order valence-corrected chi connectivity index (χ1v) is 3.80. The molecule has 3 heteroatoms. The lowest BCUT2D eigenvalue weighted by atomic mass is 10.2. The van der Waals surface area contributed by atoms with Crippen LogP contribution in [-0.4, -0.2) is 11.7 Å². The van der Waals surface area contributed by atoms with Gasteiger partial charge in [-0.25, -0.2) is 4.39 Å². The van der Waals surface area contributed by atoms with E-state index in [0.717, 1.165) is 0 Å². The molecule has 66 valence electrons. The van der Waals surface area contributed by atoms with Gasteiger partial charge in [0, 0.05) is 5.56 Å². The molecule has 0 saturated carbocycles. The van der Waals surface area contributed by atoms with E-state index in [4.69, 9.17) is 9.84 Å². The largest absolute Gasteiger partial charge is 0.494 e. The van der Waals surface area contributed by atoms with Gasteiger partial charge in [-0.2, -0.15) is 0 Å². The van der Waals surface area contributed by atoms with Gasteiger partial charge in [0.05, 0.1) is 13.2 Å². The van der Waals surface area contributed by atoms with Crippen LogP contribution < -0.4 is 4.74 Å². The fraction of sp³-hybridized carbons (Fsp3) is 0.333. The van der Waals surface area contributed by atoms with Crippen LogP contribution in [0.3, 0.4) is 0 Å². The van der Waals surface area contributed by atoms with E-state index in [0.29, 0.717) is 17.9 Å². The van der Waals surface area contributed by atoms with E-state index in [-0.39, 0.29) is 12.4 Å². The number of halogens is 1. The molecule has 0 amide bonds. The second-order valence-corrected chi connectivity index (χ2v) is 2.34. The molecule has 0 unspecified atom stereocenters. The van der Waals surface area contributed by atoms with Gasteiger partial charge in [-0.15, -0.1) is 0 Å². The van der Waals surface area contributed by atoms with Gasteiger partial charge in [-0.05, 0) is 25.1 Å². The summed E-state index contributed by atoms with van der Waals surface area (Å²) < 4.78 is 17.8. The van der Waals surface area contributed by atoms with Crippen LogP contribution in [-0.2, 0) is 6.61 Å². The van der Waals surface area contributed by atoms with E-state index in [9.17, 15) is 4.39 Å². The van der Waals surface area contributed by atoms with Crippen LogP contribution >= 0.6 is 0 Å². The molecule has 0 saturated heterocycles. The molecule has 0 bridgehead atoms. The first-order chi connectivity index (χ1) is 5.77. The maximum Gasteiger partial charge on any atom is 0.124 e. The minimum atomic E-state index is -0.359. The third-order valence-electron chi connectivity index (χ3n) is 1.49. The molecular weight excluding hydrogens is 159 g/mol. The third-order valence-corrected chi connectivity index (χ3v) is 1.49. The van der Waals surface area contributed by atoms with Gasteiger partial charge in [0.15, 0.2) is 0 Å². The Morgan fingerprint density at radius 2 is 2.25 bits per heavy atom. The molecular formula is C9H11FO2. The zero-order chi connectivity index (χ0) is 8.97. The van der Waals surface area contributed by atoms with Crippen LogP contribution in [0, 0.1) is 5.82 Å². The van der Waals surface area contributed by atoms with Gasteiger partial charge in [-0.1, -0.05) is 0 Å². The van der Waals surface area contributed by atoms with Gasteiger partial charge >= 0.3 is 0 Å². The van der Waals surface area contributed by atoms with Gasteiger partial charge in [-0.3, -0.25) is 0 Å². The topological polar surface area (TPSA) is 29.5 Å². The normalized spacial score (nSPS) is 9.92. The maximum atomic E-state index is 12.6. The standard InChI is InChI=1S/C9H11FO2/c1-2-12-9-4-3-8(10)5-7(9)6-11/h3-5,11H,2,6H2,1H3. The van der Waals surface area contributed by atoms with Crippen molar-refractivity contribution in [1.82, 2.24) is 0 Å². The Balaban J connectivity index is 2.94. The lowest BCUT2D eigenvalue weighted by Gasteiger charge is -2.07. The molecule has 0 atom stereocenters. The van der Waals surface area contributed by atoms with Crippen molar-refractivity contribution in [3.05, 3.63) is 29.6 Å². The van der Waals surface area contributed by atoms with E-state index in [1.54, 1.807) is 0 Å². The Morgan fingerprint density at radius 1 is 1.50 bits per heavy atom. The van der Waals surface area contributed by atoms with Gasteiger partial charge in [0.25, 0.3) is 0 Å². The number of aliphatic hydroxyl groups is 1. The van der Waals surface area contributed by atoms with Gasteiger partial charge in [0.1, 0.15) is 11.6 Å². The first-order valence-electron chi connectivity index (χ1n) is 3.80. The van der Waals surface area contributed by atoms with Crippen molar-refractivity contribution in [2.45, 2.75) is 13.5 Å². The molecule has 0 aromatic heterocycles. The van der Waals surface area contributed by atoms with Crippen LogP contribution in [0.15, 0.2) is 18.2 Å². The zero-order valence-electron chi connectivity index (χ0n) is 6.88. The van der Waals surface area contributed by atoms with Crippen molar-refractivity contribution in [2.24, 2.45) is 0 Å². The highest BCUT2D eigenvalue weighted by molar-refractivity contribution is 5.33. The van der Waals surface area contributed by atoms with Crippen molar-refractivity contribution < 1.29 is 14.2 Å². The number of aliphatic hydroxyl groups excluding tert-OH is 1. The van der Waals surface area contributed by atoms with E-state index in [1.165, 1.54) is 18.2 Å². The summed E-state index contributed by atoms with van der Waals surface area (Å²) in [5.41, 5.74) is 0.483. The summed E-state index contributed by atoms with van der Waals surface area (Å²) >= 11 is 0. The Labute approximate surface area is 70.6 Å². The summed E-state index contributed by atoms with van der Waals surface area (Å²) in [5, 5.41) is 8.82. The average Bonchev–Trinajstić information content (AvgIpc) is 2.08. The summed E-state index contributed by atoms with van der Waals surface area (Å²) in [6.45, 7) is 2.15. The molecule has 0 spiro atoms. The number of rotatable bonds is 3. The van der Waals surface area contributed by atoms with Crippen LogP contribution in [0.4, 0.5) is 4.39 Å². The summed E-state index contributed by atoms with van der Waals surface area (Å²) in [4.78, 5) is 0. The quantitative estimate of drug-likeness (QED) is 0.748. The second kappa shape index (κ2) is 4.07. The molecule has 1 aromatic rings. The molecule has 0 aliphatic rings. The van der Waals surface area contributed by atoms with Crippen molar-refractivity contribution in [3.63, 3.8) is 0 Å². The molecule has 1 N–H and O–H groups in total. The number of benzene rings is 1. The highest BCUT2D eigenvalue weighted by Gasteiger charge is 2.02. The Hall–Kier alpha value is -1.09. The fourth-order valence-corrected chi connectivity index (χ4v) is 0.968. The Kier molecular flexibility index (Phi) is 3.05. The van der Waals surface area contributed by atoms with Crippen LogP contribution in [0.25, 0.3) is 0 Å². The highest BCUT2D eigenvalue weighted by Crippen LogP contribution is 2.19. The molecule has 0 fully saturated rings. The van der Waals surface area contributed by atoms with Crippen molar-refractivity contribution in [2.75, 3.05) is 6.61 Å². The van der Waals surface area contributed by atoms with Crippen molar-refractivity contribution >= 4 is 0 Å². The van der Waals surface area contributed by atoms with Gasteiger partial charge in [0.2, 0.25) is 0 Å². The molecule has 1 aromatic carbocycles. The lowest BCUT2D eigenvalue weighted by Crippen LogP contribution is -1.97. The Bertz CT molecular complexity index is 261. The summed E-state index contributed by atoms with van der Waals surface area (Å²) in [6.07, 6.45) is 0. The molecule has 0 heterocycles. The molecule has 0 aliphatic carbocycles. The maximum absolute atomic E-state index is 12.6. The Morgan fingerprint density at radius 3 is 2.83 bits per heavy atom. The summed E-state index contributed by atoms with van der Waals surface area (Å²) in [5.74, 6) is 0.184. The minimum absolute atomic E-state index is 0.201. The third kappa shape index (κ3) is 1.95. The van der Waals surface area contributed by atoms with E-state index < -0.39 is 0 Å². The number of ether oxygens (including phenoxy) is 1. The monoisotopic (exact) mass is 170 g/mol. The summed E-state index contributed by atoms with van der Waals surface area (Å²) in [6, 6.07) is 4.10. The zero-order valence-corrected chi connectivity index (χ0v) is 6.88. The number of hydrogen-bond donors (Lipinski definition) is 1. The smallest absolute Gasteiger partial charge is 0.124 e. The SMILES string of the molecule is CCOc1ccc(F)cc1CO.